The number of methoxy groups -OCH3 is 1. The van der Waals surface area contributed by atoms with Crippen LogP contribution in [0.25, 0.3) is 0 Å². The Morgan fingerprint density at radius 3 is 2.62 bits per heavy atom. The summed E-state index contributed by atoms with van der Waals surface area (Å²) in [4.78, 5) is 14.4. The summed E-state index contributed by atoms with van der Waals surface area (Å²) in [5.74, 6) is 0.550. The highest BCUT2D eigenvalue weighted by Crippen LogP contribution is 2.16. The van der Waals surface area contributed by atoms with Gasteiger partial charge in [0.05, 0.1) is 6.61 Å². The number of carbonyl (C=O) groups excluding carboxylic acids is 1. The van der Waals surface area contributed by atoms with E-state index >= 15 is 0 Å². The van der Waals surface area contributed by atoms with E-state index in [0.717, 1.165) is 45.6 Å². The Morgan fingerprint density at radius 2 is 2.00 bits per heavy atom. The Hall–Kier alpha value is -1.10. The quantitative estimate of drug-likeness (QED) is 0.877. The third-order valence-corrected chi connectivity index (χ3v) is 4.23. The Morgan fingerprint density at radius 1 is 1.33 bits per heavy atom. The number of nitrogens with zero attached hydrogens (tertiary/aromatic N) is 1. The van der Waals surface area contributed by atoms with Crippen molar-refractivity contribution in [1.82, 2.24) is 10.2 Å². The van der Waals surface area contributed by atoms with E-state index in [4.69, 9.17) is 16.3 Å². The van der Waals surface area contributed by atoms with Gasteiger partial charge in [-0.15, -0.1) is 0 Å². The van der Waals surface area contributed by atoms with E-state index in [1.54, 1.807) is 31.4 Å². The maximum absolute atomic E-state index is 12.0. The number of amides is 1. The van der Waals surface area contributed by atoms with Crippen molar-refractivity contribution < 1.29 is 9.53 Å². The first kappa shape index (κ1) is 16.3. The van der Waals surface area contributed by atoms with Crippen molar-refractivity contribution in [1.29, 1.82) is 0 Å². The molecule has 1 aromatic rings. The van der Waals surface area contributed by atoms with Gasteiger partial charge in [-0.25, -0.2) is 0 Å². The average Bonchev–Trinajstić information content (AvgIpc) is 2.52. The van der Waals surface area contributed by atoms with E-state index in [-0.39, 0.29) is 5.91 Å². The Balaban J connectivity index is 1.69. The molecule has 0 unspecified atom stereocenters. The fourth-order valence-corrected chi connectivity index (χ4v) is 2.70. The second-order valence-corrected chi connectivity index (χ2v) is 5.93. The van der Waals surface area contributed by atoms with E-state index in [2.05, 4.69) is 10.2 Å². The molecule has 0 spiro atoms. The number of piperidine rings is 1. The largest absolute Gasteiger partial charge is 0.383 e. The van der Waals surface area contributed by atoms with Crippen molar-refractivity contribution in [3.8, 4) is 0 Å². The minimum atomic E-state index is -0.0199. The first-order valence-corrected chi connectivity index (χ1v) is 7.82. The van der Waals surface area contributed by atoms with Crippen LogP contribution in [0.15, 0.2) is 24.3 Å². The number of hydrogen-bond acceptors (Lipinski definition) is 3. The van der Waals surface area contributed by atoms with Crippen LogP contribution in [0.5, 0.6) is 0 Å². The van der Waals surface area contributed by atoms with Gasteiger partial charge in [-0.05, 0) is 56.1 Å². The van der Waals surface area contributed by atoms with Gasteiger partial charge in [0.25, 0.3) is 5.91 Å². The smallest absolute Gasteiger partial charge is 0.251 e. The molecule has 4 nitrogen and oxygen atoms in total. The number of hydrogen-bond donors (Lipinski definition) is 1. The molecule has 0 atom stereocenters. The molecule has 0 saturated carbocycles. The molecule has 1 fully saturated rings. The highest BCUT2D eigenvalue weighted by molar-refractivity contribution is 6.30. The lowest BCUT2D eigenvalue weighted by atomic mass is 9.96. The van der Waals surface area contributed by atoms with Gasteiger partial charge in [0, 0.05) is 30.8 Å². The standard InChI is InChI=1S/C16H23ClN2O2/c1-21-11-10-19-8-6-13(7-9-19)12-18-16(20)14-2-4-15(17)5-3-14/h2-5,13H,6-12H2,1H3,(H,18,20). The fourth-order valence-electron chi connectivity index (χ4n) is 2.57. The Bertz CT molecular complexity index is 442. The van der Waals surface area contributed by atoms with Gasteiger partial charge in [0.2, 0.25) is 0 Å². The minimum Gasteiger partial charge on any atom is -0.383 e. The van der Waals surface area contributed by atoms with Gasteiger partial charge < -0.3 is 15.0 Å². The zero-order chi connectivity index (χ0) is 15.1. The molecule has 1 N–H and O–H groups in total. The normalized spacial score (nSPS) is 16.9. The summed E-state index contributed by atoms with van der Waals surface area (Å²) in [6.45, 7) is 4.72. The van der Waals surface area contributed by atoms with Gasteiger partial charge in [-0.2, -0.15) is 0 Å². The molecular weight excluding hydrogens is 288 g/mol. The monoisotopic (exact) mass is 310 g/mol. The zero-order valence-electron chi connectivity index (χ0n) is 12.5. The van der Waals surface area contributed by atoms with E-state index in [9.17, 15) is 4.79 Å². The van der Waals surface area contributed by atoms with Crippen molar-refractivity contribution >= 4 is 17.5 Å². The summed E-state index contributed by atoms with van der Waals surface area (Å²) in [6, 6.07) is 6.99. The zero-order valence-corrected chi connectivity index (χ0v) is 13.2. The molecule has 21 heavy (non-hydrogen) atoms. The molecule has 1 amide bonds. The molecule has 0 bridgehead atoms. The average molecular weight is 311 g/mol. The number of halogens is 1. The Labute approximate surface area is 131 Å². The predicted octanol–water partition coefficient (Wildman–Crippen LogP) is 2.43. The summed E-state index contributed by atoms with van der Waals surface area (Å²) >= 11 is 5.82. The van der Waals surface area contributed by atoms with Gasteiger partial charge in [0.15, 0.2) is 0 Å². The molecule has 1 aromatic carbocycles. The second-order valence-electron chi connectivity index (χ2n) is 5.49. The van der Waals surface area contributed by atoms with E-state index < -0.39 is 0 Å². The molecular formula is C16H23ClN2O2. The lowest BCUT2D eigenvalue weighted by Crippen LogP contribution is -2.39. The molecule has 1 saturated heterocycles. The third-order valence-electron chi connectivity index (χ3n) is 3.98. The minimum absolute atomic E-state index is 0.0199. The van der Waals surface area contributed by atoms with Crippen molar-refractivity contribution in [2.24, 2.45) is 5.92 Å². The van der Waals surface area contributed by atoms with Crippen LogP contribution in [0.1, 0.15) is 23.2 Å². The van der Waals surface area contributed by atoms with Crippen molar-refractivity contribution in [3.05, 3.63) is 34.9 Å². The van der Waals surface area contributed by atoms with E-state index in [1.807, 2.05) is 0 Å². The molecule has 1 aliphatic rings. The number of ether oxygens (including phenoxy) is 1. The van der Waals surface area contributed by atoms with Crippen LogP contribution in [0.2, 0.25) is 5.02 Å². The summed E-state index contributed by atoms with van der Waals surface area (Å²) < 4.78 is 5.10. The molecule has 116 valence electrons. The van der Waals surface area contributed by atoms with Gasteiger partial charge in [-0.3, -0.25) is 4.79 Å². The SMILES string of the molecule is COCCN1CCC(CNC(=O)c2ccc(Cl)cc2)CC1. The predicted molar refractivity (Wildman–Crippen MR) is 84.8 cm³/mol. The van der Waals surface area contributed by atoms with E-state index in [0.29, 0.717) is 16.5 Å². The number of rotatable bonds is 6. The maximum Gasteiger partial charge on any atom is 0.251 e. The highest BCUT2D eigenvalue weighted by atomic mass is 35.5. The Kier molecular flexibility index (Phi) is 6.49. The van der Waals surface area contributed by atoms with Crippen LogP contribution in [0.3, 0.4) is 0 Å². The topological polar surface area (TPSA) is 41.6 Å². The number of benzene rings is 1. The van der Waals surface area contributed by atoms with Crippen LogP contribution in [-0.2, 0) is 4.74 Å². The summed E-state index contributed by atoms with van der Waals surface area (Å²) in [5.41, 5.74) is 0.664. The number of nitrogens with one attached hydrogen (secondary N) is 1. The molecule has 1 heterocycles. The lowest BCUT2D eigenvalue weighted by Gasteiger charge is -2.31. The molecule has 1 aliphatic heterocycles. The second kappa shape index (κ2) is 8.37. The van der Waals surface area contributed by atoms with E-state index in [1.165, 1.54) is 0 Å². The summed E-state index contributed by atoms with van der Waals surface area (Å²) in [7, 11) is 1.74. The van der Waals surface area contributed by atoms with Crippen LogP contribution >= 0.6 is 11.6 Å². The number of likely N-dealkylation sites (tertiary alicyclic amines) is 1. The van der Waals surface area contributed by atoms with Crippen molar-refractivity contribution in [2.45, 2.75) is 12.8 Å². The fraction of sp³-hybridized carbons (Fsp3) is 0.562. The van der Waals surface area contributed by atoms with Gasteiger partial charge >= 0.3 is 0 Å². The van der Waals surface area contributed by atoms with Gasteiger partial charge in [-0.1, -0.05) is 11.6 Å². The van der Waals surface area contributed by atoms with Crippen LogP contribution in [0.4, 0.5) is 0 Å². The van der Waals surface area contributed by atoms with Gasteiger partial charge in [0.1, 0.15) is 0 Å². The molecule has 0 aromatic heterocycles. The number of carbonyl (C=O) groups is 1. The molecule has 0 aliphatic carbocycles. The molecule has 5 heteroatoms. The van der Waals surface area contributed by atoms with Crippen LogP contribution in [-0.4, -0.2) is 50.7 Å². The maximum atomic E-state index is 12.0. The first-order valence-electron chi connectivity index (χ1n) is 7.44. The summed E-state index contributed by atoms with van der Waals surface area (Å²) in [6.07, 6.45) is 2.26. The third kappa shape index (κ3) is 5.30. The van der Waals surface area contributed by atoms with Crippen molar-refractivity contribution in [3.63, 3.8) is 0 Å². The van der Waals surface area contributed by atoms with Crippen LogP contribution in [0, 0.1) is 5.92 Å². The summed E-state index contributed by atoms with van der Waals surface area (Å²) in [5, 5.41) is 3.67. The van der Waals surface area contributed by atoms with Crippen LogP contribution < -0.4 is 5.32 Å². The first-order chi connectivity index (χ1) is 10.2. The lowest BCUT2D eigenvalue weighted by molar-refractivity contribution is 0.0926. The molecule has 2 rings (SSSR count). The highest BCUT2D eigenvalue weighted by Gasteiger charge is 2.19. The molecule has 0 radical (unpaired) electrons. The van der Waals surface area contributed by atoms with Crippen molar-refractivity contribution in [2.75, 3.05) is 39.9 Å².